The van der Waals surface area contributed by atoms with Crippen LogP contribution in [-0.4, -0.2) is 32.6 Å². The number of para-hydroxylation sites is 1. The molecule has 0 fully saturated rings. The Morgan fingerprint density at radius 2 is 1.88 bits per heavy atom. The van der Waals surface area contributed by atoms with Gasteiger partial charge in [-0.2, -0.15) is 0 Å². The van der Waals surface area contributed by atoms with Gasteiger partial charge in [-0.15, -0.1) is 6.58 Å². The fourth-order valence-corrected chi connectivity index (χ4v) is 2.42. The zero-order valence-corrected chi connectivity index (χ0v) is 14.9. The van der Waals surface area contributed by atoms with Crippen molar-refractivity contribution in [1.82, 2.24) is 5.32 Å². The average molecular weight is 354 g/mol. The lowest BCUT2D eigenvalue weighted by molar-refractivity contribution is -0.115. The molecule has 0 radical (unpaired) electrons. The molecule has 0 atom stereocenters. The topological polar surface area (TPSA) is 76.7 Å². The van der Waals surface area contributed by atoms with Crippen LogP contribution < -0.4 is 20.1 Å². The molecule has 136 valence electrons. The first kappa shape index (κ1) is 19.1. The molecular weight excluding hydrogens is 332 g/mol. The molecular formula is C20H22N2O4. The van der Waals surface area contributed by atoms with Crippen LogP contribution in [0.15, 0.2) is 55.1 Å². The zero-order valence-electron chi connectivity index (χ0n) is 14.9. The standard InChI is InChI=1S/C20H22N2O4/c1-4-11-21-20(24)16-7-5-6-8-17(16)22-19(23)12-14-9-10-15(25-2)13-18(14)26-3/h4-10,13H,1,11-12H2,2-3H3,(H,21,24)(H,22,23). The number of anilines is 1. The number of benzene rings is 2. The number of carbonyl (C=O) groups is 2. The molecule has 6 nitrogen and oxygen atoms in total. The van der Waals surface area contributed by atoms with Gasteiger partial charge in [0.05, 0.1) is 31.9 Å². The first-order valence-corrected chi connectivity index (χ1v) is 8.08. The summed E-state index contributed by atoms with van der Waals surface area (Å²) in [6.45, 7) is 3.92. The summed E-state index contributed by atoms with van der Waals surface area (Å²) in [7, 11) is 3.10. The minimum atomic E-state index is -0.275. The molecule has 0 bridgehead atoms. The third kappa shape index (κ3) is 4.86. The molecule has 0 heterocycles. The van der Waals surface area contributed by atoms with E-state index >= 15 is 0 Å². The summed E-state index contributed by atoms with van der Waals surface area (Å²) in [6.07, 6.45) is 1.70. The summed E-state index contributed by atoms with van der Waals surface area (Å²) in [4.78, 5) is 24.6. The number of carbonyl (C=O) groups excluding carboxylic acids is 2. The minimum Gasteiger partial charge on any atom is -0.497 e. The van der Waals surface area contributed by atoms with Crippen molar-refractivity contribution in [3.63, 3.8) is 0 Å². The number of ether oxygens (including phenoxy) is 2. The van der Waals surface area contributed by atoms with E-state index in [1.54, 1.807) is 55.7 Å². The predicted octanol–water partition coefficient (Wildman–Crippen LogP) is 2.80. The molecule has 2 aromatic rings. The highest BCUT2D eigenvalue weighted by Crippen LogP contribution is 2.25. The Hall–Kier alpha value is -3.28. The number of nitrogens with one attached hydrogen (secondary N) is 2. The largest absolute Gasteiger partial charge is 0.497 e. The van der Waals surface area contributed by atoms with Gasteiger partial charge in [0, 0.05) is 18.2 Å². The van der Waals surface area contributed by atoms with E-state index in [9.17, 15) is 9.59 Å². The normalized spacial score (nSPS) is 9.92. The van der Waals surface area contributed by atoms with Crippen molar-refractivity contribution in [2.24, 2.45) is 0 Å². The van der Waals surface area contributed by atoms with Crippen molar-refractivity contribution in [3.8, 4) is 11.5 Å². The van der Waals surface area contributed by atoms with Gasteiger partial charge in [0.2, 0.25) is 5.91 Å². The maximum absolute atomic E-state index is 12.4. The summed E-state index contributed by atoms with van der Waals surface area (Å²) < 4.78 is 10.5. The van der Waals surface area contributed by atoms with Gasteiger partial charge >= 0.3 is 0 Å². The highest BCUT2D eigenvalue weighted by atomic mass is 16.5. The molecule has 26 heavy (non-hydrogen) atoms. The van der Waals surface area contributed by atoms with Crippen molar-refractivity contribution in [2.45, 2.75) is 6.42 Å². The number of rotatable bonds is 8. The van der Waals surface area contributed by atoms with Gasteiger partial charge in [0.15, 0.2) is 0 Å². The molecule has 0 aromatic heterocycles. The zero-order chi connectivity index (χ0) is 18.9. The molecule has 0 aliphatic carbocycles. The number of methoxy groups -OCH3 is 2. The molecule has 0 aliphatic rings. The molecule has 2 N–H and O–H groups in total. The van der Waals surface area contributed by atoms with Crippen LogP contribution in [0.2, 0.25) is 0 Å². The van der Waals surface area contributed by atoms with Gasteiger partial charge in [-0.3, -0.25) is 9.59 Å². The van der Waals surface area contributed by atoms with Gasteiger partial charge in [0.1, 0.15) is 11.5 Å². The highest BCUT2D eigenvalue weighted by Gasteiger charge is 2.14. The van der Waals surface area contributed by atoms with Gasteiger partial charge in [0.25, 0.3) is 5.91 Å². The van der Waals surface area contributed by atoms with E-state index in [4.69, 9.17) is 9.47 Å². The molecule has 0 saturated carbocycles. The second kappa shape index (κ2) is 9.27. The molecule has 2 amide bonds. The number of hydrogen-bond donors (Lipinski definition) is 2. The van der Waals surface area contributed by atoms with Crippen LogP contribution in [-0.2, 0) is 11.2 Å². The summed E-state index contributed by atoms with van der Waals surface area (Å²) in [6, 6.07) is 12.1. The molecule has 0 saturated heterocycles. The Morgan fingerprint density at radius 1 is 1.12 bits per heavy atom. The Bertz CT molecular complexity index is 802. The van der Waals surface area contributed by atoms with Gasteiger partial charge in [-0.1, -0.05) is 24.3 Å². The van der Waals surface area contributed by atoms with Crippen molar-refractivity contribution in [3.05, 3.63) is 66.2 Å². The third-order valence-corrected chi connectivity index (χ3v) is 3.70. The lowest BCUT2D eigenvalue weighted by Gasteiger charge is -2.13. The SMILES string of the molecule is C=CCNC(=O)c1ccccc1NC(=O)Cc1ccc(OC)cc1OC. The molecule has 2 aromatic carbocycles. The number of hydrogen-bond acceptors (Lipinski definition) is 4. The molecule has 0 aliphatic heterocycles. The van der Waals surface area contributed by atoms with Crippen LogP contribution in [0.5, 0.6) is 11.5 Å². The Kier molecular flexibility index (Phi) is 6.79. The minimum absolute atomic E-state index is 0.107. The van der Waals surface area contributed by atoms with Crippen molar-refractivity contribution < 1.29 is 19.1 Å². The third-order valence-electron chi connectivity index (χ3n) is 3.70. The second-order valence-corrected chi connectivity index (χ2v) is 5.45. The van der Waals surface area contributed by atoms with Crippen LogP contribution in [0.25, 0.3) is 0 Å². The predicted molar refractivity (Wildman–Crippen MR) is 101 cm³/mol. The summed E-state index contributed by atoms with van der Waals surface area (Å²) in [5, 5.41) is 5.48. The smallest absolute Gasteiger partial charge is 0.253 e. The van der Waals surface area contributed by atoms with Gasteiger partial charge in [-0.25, -0.2) is 0 Å². The second-order valence-electron chi connectivity index (χ2n) is 5.45. The van der Waals surface area contributed by atoms with Crippen molar-refractivity contribution >= 4 is 17.5 Å². The van der Waals surface area contributed by atoms with Crippen LogP contribution >= 0.6 is 0 Å². The average Bonchev–Trinajstić information content (AvgIpc) is 2.66. The van der Waals surface area contributed by atoms with Crippen molar-refractivity contribution in [1.29, 1.82) is 0 Å². The van der Waals surface area contributed by atoms with E-state index in [1.165, 1.54) is 7.11 Å². The lowest BCUT2D eigenvalue weighted by Crippen LogP contribution is -2.25. The Balaban J connectivity index is 2.13. The van der Waals surface area contributed by atoms with Gasteiger partial charge < -0.3 is 20.1 Å². The number of amides is 2. The quantitative estimate of drug-likeness (QED) is 0.715. The monoisotopic (exact) mass is 354 g/mol. The summed E-state index contributed by atoms with van der Waals surface area (Å²) in [5.41, 5.74) is 1.57. The first-order chi connectivity index (χ1) is 12.6. The molecule has 0 unspecified atom stereocenters. The van der Waals surface area contributed by atoms with E-state index in [0.717, 1.165) is 5.56 Å². The van der Waals surface area contributed by atoms with Gasteiger partial charge in [-0.05, 0) is 18.2 Å². The van der Waals surface area contributed by atoms with E-state index in [0.29, 0.717) is 29.3 Å². The molecule has 2 rings (SSSR count). The summed E-state index contributed by atoms with van der Waals surface area (Å²) >= 11 is 0. The lowest BCUT2D eigenvalue weighted by atomic mass is 10.1. The van der Waals surface area contributed by atoms with Crippen molar-refractivity contribution in [2.75, 3.05) is 26.1 Å². The highest BCUT2D eigenvalue weighted by molar-refractivity contribution is 6.04. The first-order valence-electron chi connectivity index (χ1n) is 8.08. The Morgan fingerprint density at radius 3 is 2.58 bits per heavy atom. The maximum atomic E-state index is 12.4. The van der Waals surface area contributed by atoms with E-state index < -0.39 is 0 Å². The fraction of sp³-hybridized carbons (Fsp3) is 0.200. The molecule has 6 heteroatoms. The fourth-order valence-electron chi connectivity index (χ4n) is 2.42. The Labute approximate surface area is 152 Å². The summed E-state index contributed by atoms with van der Waals surface area (Å²) in [5.74, 6) is 0.687. The van der Waals surface area contributed by atoms with Crippen LogP contribution in [0.4, 0.5) is 5.69 Å². The van der Waals surface area contributed by atoms with E-state index in [1.807, 2.05) is 0 Å². The van der Waals surface area contributed by atoms with E-state index in [2.05, 4.69) is 17.2 Å². The van der Waals surface area contributed by atoms with Crippen LogP contribution in [0.3, 0.4) is 0 Å². The van der Waals surface area contributed by atoms with Crippen LogP contribution in [0.1, 0.15) is 15.9 Å². The van der Waals surface area contributed by atoms with E-state index in [-0.39, 0.29) is 18.2 Å². The van der Waals surface area contributed by atoms with Crippen LogP contribution in [0, 0.1) is 0 Å². The maximum Gasteiger partial charge on any atom is 0.253 e. The molecule has 0 spiro atoms.